The summed E-state index contributed by atoms with van der Waals surface area (Å²) in [6.07, 6.45) is 2.50. The summed E-state index contributed by atoms with van der Waals surface area (Å²) in [6, 6.07) is 0. The van der Waals surface area contributed by atoms with Crippen molar-refractivity contribution < 1.29 is 3.79 Å². The van der Waals surface area contributed by atoms with E-state index in [9.17, 15) is 0 Å². The SMILES string of the molecule is CC(C)[CH2][Al][CH2]C(CC(C)C)(CC(C)C)[O][Al][CH2]C(C)C. The molecule has 21 heavy (non-hydrogen) atoms. The van der Waals surface area contributed by atoms with Gasteiger partial charge in [0.15, 0.2) is 0 Å². The maximum atomic E-state index is 6.65. The summed E-state index contributed by atoms with van der Waals surface area (Å²) in [5.74, 6) is 3.10. The molecular formula is C18H38Al2O. The van der Waals surface area contributed by atoms with Crippen molar-refractivity contribution in [2.45, 2.75) is 89.7 Å². The highest BCUT2D eigenvalue weighted by molar-refractivity contribution is 6.36. The summed E-state index contributed by atoms with van der Waals surface area (Å²) in [4.78, 5) is 0. The minimum Gasteiger partial charge on any atom is -0.503 e. The van der Waals surface area contributed by atoms with Gasteiger partial charge in [-0.15, -0.1) is 5.28 Å². The molecule has 122 valence electrons. The molecule has 0 aliphatic rings. The van der Waals surface area contributed by atoms with Gasteiger partial charge in [-0.05, 0) is 24.7 Å². The van der Waals surface area contributed by atoms with E-state index < -0.39 is 0 Å². The molecule has 0 saturated heterocycles. The highest BCUT2D eigenvalue weighted by atomic mass is 27.1. The molecule has 0 aliphatic heterocycles. The van der Waals surface area contributed by atoms with Crippen molar-refractivity contribution in [3.05, 3.63) is 0 Å². The largest absolute Gasteiger partial charge is 0.503 e. The van der Waals surface area contributed by atoms with E-state index in [-0.39, 0.29) is 21.2 Å². The Balaban J connectivity index is 4.75. The highest BCUT2D eigenvalue weighted by Gasteiger charge is 2.31. The zero-order valence-electron chi connectivity index (χ0n) is 15.9. The normalized spacial score (nSPS) is 12.8. The molecule has 0 N–H and O–H groups in total. The van der Waals surface area contributed by atoms with Crippen LogP contribution in [-0.4, -0.2) is 36.4 Å². The van der Waals surface area contributed by atoms with Crippen molar-refractivity contribution in [1.82, 2.24) is 0 Å². The van der Waals surface area contributed by atoms with Gasteiger partial charge < -0.3 is 3.79 Å². The average Bonchev–Trinajstić information content (AvgIpc) is 2.25. The lowest BCUT2D eigenvalue weighted by molar-refractivity contribution is 0.0473. The number of hydrogen-bond acceptors (Lipinski definition) is 1. The van der Waals surface area contributed by atoms with E-state index in [1.807, 2.05) is 0 Å². The predicted molar refractivity (Wildman–Crippen MR) is 98.3 cm³/mol. The highest BCUT2D eigenvalue weighted by Crippen LogP contribution is 2.33. The minimum absolute atomic E-state index is 0.161. The molecule has 0 aromatic carbocycles. The molecule has 0 unspecified atom stereocenters. The standard InChI is InChI=1S/C10H20O.2C4H9.2Al/c1-8(2)6-10(5,11)7-9(3)4;2*1-4(2)3;;/h8-9H,5-7H2,1-4H3;2*4H,1H2,2-3H3;;/q-1;;;;+1. The molecule has 0 rings (SSSR count). The second-order valence-corrected chi connectivity index (χ2v) is 10.9. The zero-order chi connectivity index (χ0) is 16.5. The molecule has 0 fully saturated rings. The molecule has 1 nitrogen and oxygen atoms in total. The van der Waals surface area contributed by atoms with Crippen LogP contribution in [0.25, 0.3) is 0 Å². The Morgan fingerprint density at radius 3 is 1.57 bits per heavy atom. The lowest BCUT2D eigenvalue weighted by Gasteiger charge is -2.39. The Labute approximate surface area is 147 Å². The summed E-state index contributed by atoms with van der Waals surface area (Å²) >= 11 is 0.697. The fourth-order valence-corrected chi connectivity index (χ4v) is 6.08. The van der Waals surface area contributed by atoms with Gasteiger partial charge in [-0.1, -0.05) is 77.8 Å². The van der Waals surface area contributed by atoms with Crippen LogP contribution in [0.2, 0.25) is 15.8 Å². The molecule has 0 spiro atoms. The van der Waals surface area contributed by atoms with E-state index in [0.29, 0.717) is 15.2 Å². The first-order chi connectivity index (χ1) is 9.67. The molecule has 0 heterocycles. The van der Waals surface area contributed by atoms with E-state index in [2.05, 4.69) is 55.4 Å². The second-order valence-electron chi connectivity index (χ2n) is 8.42. The summed E-state index contributed by atoms with van der Waals surface area (Å²) in [6.45, 7) is 18.7. The second kappa shape index (κ2) is 11.5. The van der Waals surface area contributed by atoms with Crippen molar-refractivity contribution in [3.63, 3.8) is 0 Å². The van der Waals surface area contributed by atoms with E-state index in [1.54, 1.807) is 0 Å². The van der Waals surface area contributed by atoms with Gasteiger partial charge in [-0.3, -0.25) is 0 Å². The molecule has 0 aromatic rings. The molecule has 0 atom stereocenters. The molecule has 0 aliphatic carbocycles. The van der Waals surface area contributed by atoms with Crippen LogP contribution in [0.15, 0.2) is 0 Å². The van der Waals surface area contributed by atoms with Crippen LogP contribution in [0.4, 0.5) is 0 Å². The van der Waals surface area contributed by atoms with Crippen molar-refractivity contribution in [2.24, 2.45) is 23.7 Å². The Kier molecular flexibility index (Phi) is 12.1. The summed E-state index contributed by atoms with van der Waals surface area (Å²) in [5, 5.41) is 4.03. The van der Waals surface area contributed by atoms with E-state index in [1.165, 1.54) is 28.7 Å². The monoisotopic (exact) mass is 324 g/mol. The first kappa shape index (κ1) is 22.0. The van der Waals surface area contributed by atoms with Gasteiger partial charge in [0.1, 0.15) is 0 Å². The first-order valence-corrected chi connectivity index (χ1v) is 11.9. The van der Waals surface area contributed by atoms with Crippen LogP contribution in [0.3, 0.4) is 0 Å². The predicted octanol–water partition coefficient (Wildman–Crippen LogP) is 5.72. The van der Waals surface area contributed by atoms with Crippen molar-refractivity contribution >= 4 is 30.8 Å². The molecule has 0 amide bonds. The zero-order valence-corrected chi connectivity index (χ0v) is 18.2. The average molecular weight is 324 g/mol. The maximum absolute atomic E-state index is 6.65. The molecule has 0 aromatic heterocycles. The molecule has 0 bridgehead atoms. The third-order valence-electron chi connectivity index (χ3n) is 3.62. The topological polar surface area (TPSA) is 9.23 Å². The molecule has 3 heteroatoms. The fraction of sp³-hybridized carbons (Fsp3) is 1.00. The van der Waals surface area contributed by atoms with Gasteiger partial charge in [0, 0.05) is 5.60 Å². The van der Waals surface area contributed by atoms with Gasteiger partial charge >= 0.3 is 15.6 Å². The Bertz CT molecular complexity index is 224. The molecule has 2 radical (unpaired) electrons. The first-order valence-electron chi connectivity index (χ1n) is 8.98. The van der Waals surface area contributed by atoms with Crippen LogP contribution >= 0.6 is 0 Å². The van der Waals surface area contributed by atoms with E-state index >= 15 is 0 Å². The minimum atomic E-state index is 0.161. The van der Waals surface area contributed by atoms with Gasteiger partial charge in [0.05, 0.1) is 0 Å². The lowest BCUT2D eigenvalue weighted by Crippen LogP contribution is -2.38. The quantitative estimate of drug-likeness (QED) is 0.417. The Morgan fingerprint density at radius 2 is 1.19 bits per heavy atom. The maximum Gasteiger partial charge on any atom is 0.423 e. The van der Waals surface area contributed by atoms with Crippen LogP contribution in [0.1, 0.15) is 68.2 Å². The Morgan fingerprint density at radius 1 is 0.714 bits per heavy atom. The number of rotatable bonds is 12. The number of hydrogen-bond donors (Lipinski definition) is 0. The van der Waals surface area contributed by atoms with Crippen molar-refractivity contribution in [2.75, 3.05) is 0 Å². The van der Waals surface area contributed by atoms with Crippen molar-refractivity contribution in [1.29, 1.82) is 0 Å². The summed E-state index contributed by atoms with van der Waals surface area (Å²) < 4.78 is 6.65. The van der Waals surface area contributed by atoms with Crippen LogP contribution in [0, 0.1) is 23.7 Å². The van der Waals surface area contributed by atoms with Crippen LogP contribution in [-0.2, 0) is 3.79 Å². The van der Waals surface area contributed by atoms with E-state index in [4.69, 9.17) is 3.79 Å². The Hall–Kier alpha value is 1.02. The lowest BCUT2D eigenvalue weighted by atomic mass is 9.86. The van der Waals surface area contributed by atoms with E-state index in [0.717, 1.165) is 23.7 Å². The summed E-state index contributed by atoms with van der Waals surface area (Å²) in [7, 11) is 0. The third kappa shape index (κ3) is 12.2. The van der Waals surface area contributed by atoms with Gasteiger partial charge in [0.2, 0.25) is 15.2 Å². The fourth-order valence-electron chi connectivity index (χ4n) is 2.98. The van der Waals surface area contributed by atoms with Gasteiger partial charge in [-0.25, -0.2) is 0 Å². The van der Waals surface area contributed by atoms with Crippen molar-refractivity contribution in [3.8, 4) is 0 Å². The van der Waals surface area contributed by atoms with Gasteiger partial charge in [-0.2, -0.15) is 0 Å². The molecule has 0 saturated carbocycles. The smallest absolute Gasteiger partial charge is 0.423 e. The van der Waals surface area contributed by atoms with Gasteiger partial charge in [0.25, 0.3) is 0 Å². The molecular weight excluding hydrogens is 286 g/mol. The third-order valence-corrected chi connectivity index (χ3v) is 7.73. The van der Waals surface area contributed by atoms with Crippen LogP contribution < -0.4 is 0 Å². The summed E-state index contributed by atoms with van der Waals surface area (Å²) in [5.41, 5.74) is 0.191. The van der Waals surface area contributed by atoms with Crippen LogP contribution in [0.5, 0.6) is 0 Å².